The molecule has 2 saturated heterocycles. The van der Waals surface area contributed by atoms with Crippen molar-refractivity contribution in [2.45, 2.75) is 39.2 Å². The van der Waals surface area contributed by atoms with E-state index in [1.54, 1.807) is 0 Å². The van der Waals surface area contributed by atoms with Gasteiger partial charge in [-0.05, 0) is 19.8 Å². The molecule has 2 aliphatic rings. The molecule has 0 aromatic carbocycles. The van der Waals surface area contributed by atoms with E-state index in [9.17, 15) is 9.90 Å². The number of aliphatic hydroxyl groups is 1. The lowest BCUT2D eigenvalue weighted by molar-refractivity contribution is -0.136. The molecule has 2 heterocycles. The van der Waals surface area contributed by atoms with Gasteiger partial charge in [-0.15, -0.1) is 24.0 Å². The van der Waals surface area contributed by atoms with E-state index in [1.807, 2.05) is 18.7 Å². The molecule has 2 rings (SSSR count). The predicted octanol–water partition coefficient (Wildman–Crippen LogP) is 0.597. The number of aliphatic imine (C=N–C) groups is 1. The fourth-order valence-corrected chi connectivity index (χ4v) is 3.34. The maximum absolute atomic E-state index is 12.4. The Morgan fingerprint density at radius 3 is 2.18 bits per heavy atom. The molecule has 0 saturated carbocycles. The second-order valence-electron chi connectivity index (χ2n) is 7.36. The average molecular weight is 511 g/mol. The monoisotopic (exact) mass is 511 g/mol. The van der Waals surface area contributed by atoms with Crippen molar-refractivity contribution < 1.29 is 14.6 Å². The highest BCUT2D eigenvalue weighted by molar-refractivity contribution is 14.0. The summed E-state index contributed by atoms with van der Waals surface area (Å²) in [6.07, 6.45) is 1.40. The Labute approximate surface area is 186 Å². The Hall–Kier alpha value is -0.650. The normalized spacial score (nSPS) is 19.4. The summed E-state index contributed by atoms with van der Waals surface area (Å²) in [5, 5.41) is 13.8. The number of carbonyl (C=O) groups excluding carboxylic acids is 1. The van der Waals surface area contributed by atoms with Crippen LogP contribution in [-0.4, -0.2) is 109 Å². The van der Waals surface area contributed by atoms with Crippen molar-refractivity contribution >= 4 is 35.8 Å². The highest BCUT2D eigenvalue weighted by atomic mass is 127. The number of hydrogen-bond acceptors (Lipinski definition) is 5. The van der Waals surface area contributed by atoms with E-state index in [0.29, 0.717) is 52.2 Å². The van der Waals surface area contributed by atoms with Crippen LogP contribution in [0.25, 0.3) is 0 Å². The van der Waals surface area contributed by atoms with Crippen molar-refractivity contribution in [1.82, 2.24) is 20.0 Å². The van der Waals surface area contributed by atoms with E-state index in [4.69, 9.17) is 4.74 Å². The van der Waals surface area contributed by atoms with E-state index in [1.165, 1.54) is 0 Å². The molecule has 0 bridgehead atoms. The number of hydrogen-bond donors (Lipinski definition) is 2. The van der Waals surface area contributed by atoms with Crippen LogP contribution in [0.1, 0.15) is 33.6 Å². The van der Waals surface area contributed by atoms with Gasteiger partial charge in [0.2, 0.25) is 5.91 Å². The molecule has 0 aromatic rings. The zero-order valence-corrected chi connectivity index (χ0v) is 20.0. The Balaban J connectivity index is 0.00000392. The zero-order chi connectivity index (χ0) is 19.7. The molecule has 1 amide bonds. The molecular formula is C19H38IN5O3. The fourth-order valence-electron chi connectivity index (χ4n) is 3.34. The molecule has 2 N–H and O–H groups in total. The molecule has 0 unspecified atom stereocenters. The lowest BCUT2D eigenvalue weighted by Gasteiger charge is -2.37. The van der Waals surface area contributed by atoms with Crippen molar-refractivity contribution in [2.75, 3.05) is 72.1 Å². The number of carbonyl (C=O) groups is 1. The molecule has 0 aromatic heterocycles. The van der Waals surface area contributed by atoms with Crippen LogP contribution in [0.5, 0.6) is 0 Å². The van der Waals surface area contributed by atoms with Crippen molar-refractivity contribution in [2.24, 2.45) is 4.99 Å². The molecule has 0 radical (unpaired) electrons. The zero-order valence-electron chi connectivity index (χ0n) is 17.7. The van der Waals surface area contributed by atoms with E-state index < -0.39 is 5.60 Å². The van der Waals surface area contributed by atoms with Crippen LogP contribution in [-0.2, 0) is 9.53 Å². The smallest absolute Gasteiger partial charge is 0.236 e. The molecule has 8 nitrogen and oxygen atoms in total. The minimum atomic E-state index is -0.729. The lowest BCUT2D eigenvalue weighted by Crippen LogP contribution is -2.55. The summed E-state index contributed by atoms with van der Waals surface area (Å²) < 4.78 is 5.31. The third-order valence-electron chi connectivity index (χ3n) is 5.57. The summed E-state index contributed by atoms with van der Waals surface area (Å²) in [6.45, 7) is 13.8. The molecule has 164 valence electrons. The van der Waals surface area contributed by atoms with Crippen LogP contribution in [0.15, 0.2) is 4.99 Å². The first-order chi connectivity index (χ1) is 13.0. The number of ether oxygens (including phenoxy) is 1. The average Bonchev–Trinajstić information content (AvgIpc) is 2.72. The third-order valence-corrected chi connectivity index (χ3v) is 5.57. The highest BCUT2D eigenvalue weighted by Gasteiger charge is 2.26. The standard InChI is InChI=1S/C19H37N5O3.HI/c1-4-19(26,5-2)16-21-18(20-6-3)24-9-7-22(8-10-24)15-17(25)23-11-13-27-14-12-23;/h26H,4-16H2,1-3H3,(H,20,21);1H. The maximum atomic E-state index is 12.4. The third kappa shape index (κ3) is 7.64. The number of piperazine rings is 1. The molecule has 0 atom stereocenters. The van der Waals surface area contributed by atoms with Gasteiger partial charge in [0.05, 0.1) is 31.9 Å². The number of nitrogens with zero attached hydrogens (tertiary/aromatic N) is 4. The van der Waals surface area contributed by atoms with Crippen LogP contribution >= 0.6 is 24.0 Å². The number of amides is 1. The van der Waals surface area contributed by atoms with Crippen LogP contribution in [0.4, 0.5) is 0 Å². The van der Waals surface area contributed by atoms with Gasteiger partial charge < -0.3 is 25.0 Å². The molecule has 2 fully saturated rings. The van der Waals surface area contributed by atoms with E-state index >= 15 is 0 Å². The predicted molar refractivity (Wildman–Crippen MR) is 122 cm³/mol. The SMILES string of the molecule is CCNC(=NCC(O)(CC)CC)N1CCN(CC(=O)N2CCOCC2)CC1.I. The second kappa shape index (κ2) is 12.8. The quantitative estimate of drug-likeness (QED) is 0.296. The van der Waals surface area contributed by atoms with E-state index in [-0.39, 0.29) is 29.9 Å². The minimum Gasteiger partial charge on any atom is -0.388 e. The van der Waals surface area contributed by atoms with Gasteiger partial charge in [0.25, 0.3) is 0 Å². The van der Waals surface area contributed by atoms with Gasteiger partial charge >= 0.3 is 0 Å². The van der Waals surface area contributed by atoms with Gasteiger partial charge in [0, 0.05) is 45.8 Å². The van der Waals surface area contributed by atoms with Crippen LogP contribution < -0.4 is 5.32 Å². The van der Waals surface area contributed by atoms with E-state index in [0.717, 1.165) is 38.7 Å². The Morgan fingerprint density at radius 1 is 1.04 bits per heavy atom. The fraction of sp³-hybridized carbons (Fsp3) is 0.895. The van der Waals surface area contributed by atoms with Crippen LogP contribution in [0, 0.1) is 0 Å². The summed E-state index contributed by atoms with van der Waals surface area (Å²) in [5.74, 6) is 1.06. The van der Waals surface area contributed by atoms with Crippen molar-refractivity contribution in [3.05, 3.63) is 0 Å². The first kappa shape index (κ1) is 25.4. The van der Waals surface area contributed by atoms with Crippen molar-refractivity contribution in [3.8, 4) is 0 Å². The minimum absolute atomic E-state index is 0. The van der Waals surface area contributed by atoms with Gasteiger partial charge in [-0.25, -0.2) is 0 Å². The first-order valence-corrected chi connectivity index (χ1v) is 10.3. The number of rotatable bonds is 7. The second-order valence-corrected chi connectivity index (χ2v) is 7.36. The summed E-state index contributed by atoms with van der Waals surface area (Å²) in [4.78, 5) is 23.4. The molecule has 2 aliphatic heterocycles. The maximum Gasteiger partial charge on any atom is 0.236 e. The molecule has 0 aliphatic carbocycles. The van der Waals surface area contributed by atoms with Gasteiger partial charge in [-0.3, -0.25) is 14.7 Å². The summed E-state index contributed by atoms with van der Waals surface area (Å²) in [6, 6.07) is 0. The molecule has 0 spiro atoms. The van der Waals surface area contributed by atoms with Gasteiger partial charge in [0.15, 0.2) is 5.96 Å². The summed E-state index contributed by atoms with van der Waals surface area (Å²) in [5.41, 5.74) is -0.729. The van der Waals surface area contributed by atoms with Crippen molar-refractivity contribution in [3.63, 3.8) is 0 Å². The number of halogens is 1. The Bertz CT molecular complexity index is 488. The first-order valence-electron chi connectivity index (χ1n) is 10.3. The highest BCUT2D eigenvalue weighted by Crippen LogP contribution is 2.15. The van der Waals surface area contributed by atoms with Gasteiger partial charge in [-0.1, -0.05) is 13.8 Å². The molecule has 9 heteroatoms. The van der Waals surface area contributed by atoms with Gasteiger partial charge in [-0.2, -0.15) is 0 Å². The lowest BCUT2D eigenvalue weighted by atomic mass is 9.98. The topological polar surface area (TPSA) is 80.6 Å². The number of nitrogens with one attached hydrogen (secondary N) is 1. The number of morpholine rings is 1. The number of guanidine groups is 1. The van der Waals surface area contributed by atoms with E-state index in [2.05, 4.69) is 27.0 Å². The summed E-state index contributed by atoms with van der Waals surface area (Å²) >= 11 is 0. The largest absolute Gasteiger partial charge is 0.388 e. The molecular weight excluding hydrogens is 473 g/mol. The summed E-state index contributed by atoms with van der Waals surface area (Å²) in [7, 11) is 0. The Kier molecular flexibility index (Phi) is 11.6. The van der Waals surface area contributed by atoms with Gasteiger partial charge in [0.1, 0.15) is 0 Å². The van der Waals surface area contributed by atoms with Crippen LogP contribution in [0.2, 0.25) is 0 Å². The Morgan fingerprint density at radius 2 is 1.64 bits per heavy atom. The molecule has 28 heavy (non-hydrogen) atoms. The van der Waals surface area contributed by atoms with Crippen LogP contribution in [0.3, 0.4) is 0 Å². The van der Waals surface area contributed by atoms with Crippen molar-refractivity contribution in [1.29, 1.82) is 0 Å².